The molecule has 0 bridgehead atoms. The highest BCUT2D eigenvalue weighted by molar-refractivity contribution is 5.79. The van der Waals surface area contributed by atoms with E-state index in [1.807, 2.05) is 4.90 Å². The maximum absolute atomic E-state index is 12.5. The second-order valence-electron chi connectivity index (χ2n) is 6.59. The van der Waals surface area contributed by atoms with Crippen LogP contribution in [0.2, 0.25) is 0 Å². The Morgan fingerprint density at radius 3 is 2.65 bits per heavy atom. The van der Waals surface area contributed by atoms with E-state index in [9.17, 15) is 9.90 Å². The van der Waals surface area contributed by atoms with Crippen LogP contribution in [0.15, 0.2) is 18.5 Å². The van der Waals surface area contributed by atoms with Crippen LogP contribution in [0, 0.1) is 11.8 Å². The third-order valence-corrected chi connectivity index (χ3v) is 4.93. The van der Waals surface area contributed by atoms with Crippen molar-refractivity contribution in [2.24, 2.45) is 11.8 Å². The van der Waals surface area contributed by atoms with Crippen molar-refractivity contribution in [2.75, 3.05) is 44.7 Å². The molecule has 7 nitrogen and oxygen atoms in total. The summed E-state index contributed by atoms with van der Waals surface area (Å²) in [5, 5.41) is 12.8. The minimum Gasteiger partial charge on any atom is -0.396 e. The Kier molecular flexibility index (Phi) is 5.07. The predicted octanol–water partition coefficient (Wildman–Crippen LogP) is -0.268. The molecule has 0 aromatic carbocycles. The third-order valence-electron chi connectivity index (χ3n) is 4.93. The second kappa shape index (κ2) is 7.23. The number of nitrogens with one attached hydrogen (secondary N) is 1. The van der Waals surface area contributed by atoms with Crippen LogP contribution in [0.3, 0.4) is 0 Å². The van der Waals surface area contributed by atoms with Gasteiger partial charge in [0, 0.05) is 43.9 Å². The number of amides is 1. The Balaban J connectivity index is 1.59. The first kappa shape index (κ1) is 16.1. The Morgan fingerprint density at radius 2 is 2.00 bits per heavy atom. The van der Waals surface area contributed by atoms with Crippen molar-refractivity contribution in [3.63, 3.8) is 0 Å². The summed E-state index contributed by atoms with van der Waals surface area (Å²) >= 11 is 0. The van der Waals surface area contributed by atoms with Gasteiger partial charge in [-0.25, -0.2) is 9.97 Å². The van der Waals surface area contributed by atoms with E-state index < -0.39 is 0 Å². The Bertz CT molecular complexity index is 518. The third kappa shape index (κ3) is 3.79. The molecule has 1 aromatic heterocycles. The summed E-state index contributed by atoms with van der Waals surface area (Å²) in [6, 6.07) is 1.73. The van der Waals surface area contributed by atoms with Gasteiger partial charge >= 0.3 is 0 Å². The number of aromatic nitrogens is 2. The van der Waals surface area contributed by atoms with E-state index in [1.54, 1.807) is 18.5 Å². The number of hydrogen-bond donors (Lipinski definition) is 2. The van der Waals surface area contributed by atoms with Crippen molar-refractivity contribution in [2.45, 2.75) is 18.9 Å². The van der Waals surface area contributed by atoms with E-state index in [0.29, 0.717) is 19.0 Å². The molecule has 23 heavy (non-hydrogen) atoms. The molecular weight excluding hydrogens is 294 g/mol. The highest BCUT2D eigenvalue weighted by atomic mass is 16.3. The summed E-state index contributed by atoms with van der Waals surface area (Å²) in [4.78, 5) is 25.3. The fraction of sp³-hybridized carbons (Fsp3) is 0.688. The Morgan fingerprint density at radius 1 is 1.30 bits per heavy atom. The number of aliphatic hydroxyl groups excluding tert-OH is 1. The SMILES string of the molecule is CN1CCC(C(=O)N[C@@H]2CN(c3ncccn3)C[C@H]2CO)CC1. The number of piperidine rings is 1. The maximum Gasteiger partial charge on any atom is 0.225 e. The van der Waals surface area contributed by atoms with Gasteiger partial charge in [0.1, 0.15) is 0 Å². The lowest BCUT2D eigenvalue weighted by Gasteiger charge is -2.29. The van der Waals surface area contributed by atoms with Crippen LogP contribution < -0.4 is 10.2 Å². The molecule has 2 N–H and O–H groups in total. The van der Waals surface area contributed by atoms with E-state index in [-0.39, 0.29) is 30.4 Å². The molecule has 2 atom stereocenters. The van der Waals surface area contributed by atoms with E-state index >= 15 is 0 Å². The van der Waals surface area contributed by atoms with Crippen LogP contribution in [0.25, 0.3) is 0 Å². The number of aliphatic hydroxyl groups is 1. The van der Waals surface area contributed by atoms with Crippen LogP contribution >= 0.6 is 0 Å². The fourth-order valence-corrected chi connectivity index (χ4v) is 3.41. The van der Waals surface area contributed by atoms with E-state index in [0.717, 1.165) is 25.9 Å². The van der Waals surface area contributed by atoms with Gasteiger partial charge in [0.25, 0.3) is 0 Å². The molecule has 2 fully saturated rings. The van der Waals surface area contributed by atoms with Gasteiger partial charge < -0.3 is 20.2 Å². The predicted molar refractivity (Wildman–Crippen MR) is 87.0 cm³/mol. The average molecular weight is 319 g/mol. The number of carbonyl (C=O) groups is 1. The lowest BCUT2D eigenvalue weighted by molar-refractivity contribution is -0.127. The van der Waals surface area contributed by atoms with Gasteiger partial charge in [0.15, 0.2) is 0 Å². The van der Waals surface area contributed by atoms with Crippen molar-refractivity contribution in [1.29, 1.82) is 0 Å². The molecule has 2 aliphatic rings. The van der Waals surface area contributed by atoms with Crippen molar-refractivity contribution < 1.29 is 9.90 Å². The molecule has 1 aromatic rings. The van der Waals surface area contributed by atoms with E-state index in [2.05, 4.69) is 27.2 Å². The summed E-state index contributed by atoms with van der Waals surface area (Å²) < 4.78 is 0. The lowest BCUT2D eigenvalue weighted by Crippen LogP contribution is -2.46. The summed E-state index contributed by atoms with van der Waals surface area (Å²) in [6.07, 6.45) is 5.23. The molecule has 7 heteroatoms. The molecule has 0 spiro atoms. The van der Waals surface area contributed by atoms with Gasteiger partial charge in [-0.2, -0.15) is 0 Å². The molecule has 2 saturated heterocycles. The minimum atomic E-state index is -0.0454. The first-order chi connectivity index (χ1) is 11.2. The summed E-state index contributed by atoms with van der Waals surface area (Å²) in [5.74, 6) is 0.890. The van der Waals surface area contributed by atoms with Crippen molar-refractivity contribution in [3.05, 3.63) is 18.5 Å². The number of anilines is 1. The van der Waals surface area contributed by atoms with Crippen molar-refractivity contribution >= 4 is 11.9 Å². The first-order valence-corrected chi connectivity index (χ1v) is 8.29. The van der Waals surface area contributed by atoms with Gasteiger partial charge in [-0.3, -0.25) is 4.79 Å². The maximum atomic E-state index is 12.5. The highest BCUT2D eigenvalue weighted by Gasteiger charge is 2.36. The average Bonchev–Trinajstić information content (AvgIpc) is 2.99. The molecule has 0 aliphatic carbocycles. The number of likely N-dealkylation sites (tertiary alicyclic amines) is 1. The molecule has 3 rings (SSSR count). The molecular formula is C16H25N5O2. The molecule has 3 heterocycles. The van der Waals surface area contributed by atoms with Crippen LogP contribution in [0.5, 0.6) is 0 Å². The Hall–Kier alpha value is -1.73. The topological polar surface area (TPSA) is 81.6 Å². The number of rotatable bonds is 4. The molecule has 0 saturated carbocycles. The van der Waals surface area contributed by atoms with Gasteiger partial charge in [0.05, 0.1) is 6.04 Å². The minimum absolute atomic E-state index is 0.0222. The zero-order valence-electron chi connectivity index (χ0n) is 13.6. The quantitative estimate of drug-likeness (QED) is 0.795. The van der Waals surface area contributed by atoms with Crippen LogP contribution in [0.4, 0.5) is 5.95 Å². The highest BCUT2D eigenvalue weighted by Crippen LogP contribution is 2.22. The monoisotopic (exact) mass is 319 g/mol. The largest absolute Gasteiger partial charge is 0.396 e. The van der Waals surface area contributed by atoms with Gasteiger partial charge in [0.2, 0.25) is 11.9 Å². The first-order valence-electron chi connectivity index (χ1n) is 8.29. The Labute approximate surface area is 136 Å². The van der Waals surface area contributed by atoms with E-state index in [4.69, 9.17) is 0 Å². The molecule has 0 unspecified atom stereocenters. The summed E-state index contributed by atoms with van der Waals surface area (Å²) in [6.45, 7) is 3.31. The van der Waals surface area contributed by atoms with Crippen molar-refractivity contribution in [3.8, 4) is 0 Å². The van der Waals surface area contributed by atoms with Crippen LogP contribution in [0.1, 0.15) is 12.8 Å². The standard InChI is InChI=1S/C16H25N5O2/c1-20-7-3-12(4-8-20)15(23)19-14-10-21(9-13(14)11-22)16-17-5-2-6-18-16/h2,5-6,12-14,22H,3-4,7-11H2,1H3,(H,19,23)/t13-,14+/m0/s1. The molecule has 0 radical (unpaired) electrons. The van der Waals surface area contributed by atoms with Gasteiger partial charge in [-0.1, -0.05) is 0 Å². The van der Waals surface area contributed by atoms with Crippen molar-refractivity contribution in [1.82, 2.24) is 20.2 Å². The summed E-state index contributed by atoms with van der Waals surface area (Å²) in [5.41, 5.74) is 0. The fourth-order valence-electron chi connectivity index (χ4n) is 3.41. The number of hydrogen-bond acceptors (Lipinski definition) is 6. The number of carbonyl (C=O) groups excluding carboxylic acids is 1. The molecule has 1 amide bonds. The lowest BCUT2D eigenvalue weighted by atomic mass is 9.95. The van der Waals surface area contributed by atoms with Crippen LogP contribution in [-0.2, 0) is 4.79 Å². The normalized spacial score (nSPS) is 26.4. The van der Waals surface area contributed by atoms with Crippen LogP contribution in [-0.4, -0.2) is 71.8 Å². The second-order valence-corrected chi connectivity index (χ2v) is 6.59. The zero-order chi connectivity index (χ0) is 16.2. The van der Waals surface area contributed by atoms with Gasteiger partial charge in [-0.15, -0.1) is 0 Å². The number of nitrogens with zero attached hydrogens (tertiary/aromatic N) is 4. The van der Waals surface area contributed by atoms with E-state index in [1.165, 1.54) is 0 Å². The molecule has 126 valence electrons. The summed E-state index contributed by atoms with van der Waals surface area (Å²) in [7, 11) is 2.09. The smallest absolute Gasteiger partial charge is 0.225 e. The zero-order valence-corrected chi connectivity index (χ0v) is 13.6. The van der Waals surface area contributed by atoms with Gasteiger partial charge in [-0.05, 0) is 39.0 Å². The molecule has 2 aliphatic heterocycles.